The molecule has 4 rings (SSSR count). The van der Waals surface area contributed by atoms with Gasteiger partial charge in [0, 0.05) is 6.42 Å². The van der Waals surface area contributed by atoms with Crippen LogP contribution in [0.15, 0.2) is 98.9 Å². The van der Waals surface area contributed by atoms with Gasteiger partial charge >= 0.3 is 0 Å². The average Bonchev–Trinajstić information content (AvgIpc) is 3.46. The van der Waals surface area contributed by atoms with Crippen LogP contribution in [0.2, 0.25) is 0 Å². The Bertz CT molecular complexity index is 1460. The summed E-state index contributed by atoms with van der Waals surface area (Å²) < 4.78 is 40.0. The number of ether oxygens (including phenoxy) is 2. The van der Waals surface area contributed by atoms with Crippen LogP contribution in [0.1, 0.15) is 24.5 Å². The fraction of sp³-hybridized carbons (Fsp3) is 0.233. The number of hydrogen-bond donors (Lipinski definition) is 0. The van der Waals surface area contributed by atoms with Gasteiger partial charge in [0.25, 0.3) is 10.0 Å². The molecule has 1 aromatic heterocycles. The molecule has 3 aromatic carbocycles. The summed E-state index contributed by atoms with van der Waals surface area (Å²) in [6, 6.07) is 26.6. The normalized spacial score (nSPS) is 12.7. The number of hydrogen-bond acceptors (Lipinski definition) is 6. The molecule has 8 heteroatoms. The summed E-state index contributed by atoms with van der Waals surface area (Å²) in [5.41, 5.74) is 4.07. The minimum atomic E-state index is -3.98. The molecule has 0 fully saturated rings. The maximum atomic E-state index is 12.6. The Balaban J connectivity index is 1.34. The third kappa shape index (κ3) is 7.46. The summed E-state index contributed by atoms with van der Waals surface area (Å²) in [6.07, 6.45) is 1.13. The molecule has 0 aliphatic rings. The molecule has 0 saturated heterocycles. The van der Waals surface area contributed by atoms with Crippen molar-refractivity contribution >= 4 is 27.3 Å². The van der Waals surface area contributed by atoms with Crippen molar-refractivity contribution in [2.75, 3.05) is 13.2 Å². The van der Waals surface area contributed by atoms with Crippen LogP contribution in [-0.2, 0) is 16.4 Å². The van der Waals surface area contributed by atoms with Crippen LogP contribution in [0.4, 0.5) is 0 Å². The summed E-state index contributed by atoms with van der Waals surface area (Å²) in [7, 11) is -3.98. The van der Waals surface area contributed by atoms with E-state index in [1.165, 1.54) is 11.6 Å². The maximum Gasteiger partial charge on any atom is 0.290 e. The maximum absolute atomic E-state index is 12.6. The van der Waals surface area contributed by atoms with E-state index < -0.39 is 21.8 Å². The Labute approximate surface area is 228 Å². The second-order valence-electron chi connectivity index (χ2n) is 8.99. The van der Waals surface area contributed by atoms with Crippen molar-refractivity contribution in [2.45, 2.75) is 30.9 Å². The van der Waals surface area contributed by atoms with Crippen molar-refractivity contribution < 1.29 is 23.0 Å². The van der Waals surface area contributed by atoms with E-state index in [0.717, 1.165) is 45.9 Å². The SMILES string of the molecule is Cc1cccc(OCCCOc2ccc(-c3ccccc3CC(C)/C([O-])=N/S(=O)(=O)c3cccs3)cc2)c1. The van der Waals surface area contributed by atoms with Crippen molar-refractivity contribution in [2.24, 2.45) is 10.3 Å². The zero-order valence-corrected chi connectivity index (χ0v) is 23.0. The van der Waals surface area contributed by atoms with Crippen LogP contribution in [0.5, 0.6) is 11.5 Å². The van der Waals surface area contributed by atoms with E-state index >= 15 is 0 Å². The molecule has 1 unspecified atom stereocenters. The Kier molecular flexibility index (Phi) is 9.20. The summed E-state index contributed by atoms with van der Waals surface area (Å²) in [5.74, 6) is 0.392. The van der Waals surface area contributed by atoms with E-state index in [0.29, 0.717) is 19.6 Å². The highest BCUT2D eigenvalue weighted by molar-refractivity contribution is 7.92. The minimum absolute atomic E-state index is 0.0690. The highest BCUT2D eigenvalue weighted by atomic mass is 32.2. The first-order valence-corrected chi connectivity index (χ1v) is 14.7. The first kappa shape index (κ1) is 27.4. The number of sulfonamides is 1. The zero-order valence-electron chi connectivity index (χ0n) is 21.4. The fourth-order valence-electron chi connectivity index (χ4n) is 3.94. The second-order valence-corrected chi connectivity index (χ2v) is 11.8. The van der Waals surface area contributed by atoms with Crippen molar-refractivity contribution in [1.29, 1.82) is 0 Å². The van der Waals surface area contributed by atoms with Crippen molar-refractivity contribution in [3.8, 4) is 22.6 Å². The largest absolute Gasteiger partial charge is 0.861 e. The fourth-order valence-corrected chi connectivity index (χ4v) is 5.91. The van der Waals surface area contributed by atoms with Crippen LogP contribution < -0.4 is 14.6 Å². The molecule has 198 valence electrons. The van der Waals surface area contributed by atoms with Gasteiger partial charge in [-0.05, 0) is 83.1 Å². The lowest BCUT2D eigenvalue weighted by atomic mass is 9.93. The topological polar surface area (TPSA) is 88.0 Å². The van der Waals surface area contributed by atoms with Gasteiger partial charge in [-0.3, -0.25) is 0 Å². The first-order valence-electron chi connectivity index (χ1n) is 12.4. The Morgan fingerprint density at radius 3 is 2.37 bits per heavy atom. The first-order chi connectivity index (χ1) is 18.3. The summed E-state index contributed by atoms with van der Waals surface area (Å²) in [6.45, 7) is 4.85. The zero-order chi connectivity index (χ0) is 27.0. The van der Waals surface area contributed by atoms with E-state index in [4.69, 9.17) is 9.47 Å². The number of aryl methyl sites for hydroxylation is 1. The van der Waals surface area contributed by atoms with Crippen molar-refractivity contribution in [3.63, 3.8) is 0 Å². The quantitative estimate of drug-likeness (QED) is 0.125. The van der Waals surface area contributed by atoms with E-state index in [1.54, 1.807) is 18.4 Å². The Hall–Kier alpha value is -3.62. The van der Waals surface area contributed by atoms with Crippen LogP contribution in [0, 0.1) is 12.8 Å². The van der Waals surface area contributed by atoms with E-state index in [2.05, 4.69) is 4.40 Å². The summed E-state index contributed by atoms with van der Waals surface area (Å²) in [5, 5.41) is 14.3. The van der Waals surface area contributed by atoms with Gasteiger partial charge in [0.05, 0.1) is 13.2 Å². The van der Waals surface area contributed by atoms with Gasteiger partial charge < -0.3 is 14.6 Å². The van der Waals surface area contributed by atoms with Gasteiger partial charge in [0.1, 0.15) is 15.7 Å². The van der Waals surface area contributed by atoms with Gasteiger partial charge in [0.2, 0.25) is 0 Å². The molecule has 0 aliphatic carbocycles. The van der Waals surface area contributed by atoms with Gasteiger partial charge in [-0.1, -0.05) is 61.5 Å². The molecule has 4 aromatic rings. The van der Waals surface area contributed by atoms with E-state index in [1.807, 2.05) is 79.7 Å². The molecule has 0 amide bonds. The molecular weight excluding hydrogens is 518 g/mol. The predicted octanol–water partition coefficient (Wildman–Crippen LogP) is 5.90. The Morgan fingerprint density at radius 2 is 1.66 bits per heavy atom. The molecule has 1 atom stereocenters. The molecule has 0 bridgehead atoms. The van der Waals surface area contributed by atoms with Crippen LogP contribution in [-0.4, -0.2) is 27.5 Å². The standard InChI is InChI=1S/C30H31NO5S2/c1-22-8-5-10-27(20-22)36-18-7-17-35-26-15-13-24(14-16-26)28-11-4-3-9-25(28)21-23(2)30(32)31-38(33,34)29-12-6-19-37-29/h3-6,8-16,19-20,23H,7,17-18,21H2,1-2H3,(H,31,32)/p-1. The lowest BCUT2D eigenvalue weighted by molar-refractivity contribution is -0.222. The lowest BCUT2D eigenvalue weighted by Gasteiger charge is -2.20. The minimum Gasteiger partial charge on any atom is -0.861 e. The van der Waals surface area contributed by atoms with Crippen molar-refractivity contribution in [1.82, 2.24) is 0 Å². The van der Waals surface area contributed by atoms with Crippen molar-refractivity contribution in [3.05, 3.63) is 101 Å². The average molecular weight is 549 g/mol. The monoisotopic (exact) mass is 548 g/mol. The predicted molar refractivity (Wildman–Crippen MR) is 150 cm³/mol. The van der Waals surface area contributed by atoms with E-state index in [-0.39, 0.29) is 4.21 Å². The smallest absolute Gasteiger partial charge is 0.290 e. The molecule has 0 aliphatic heterocycles. The van der Waals surface area contributed by atoms with Crippen LogP contribution in [0.25, 0.3) is 11.1 Å². The van der Waals surface area contributed by atoms with E-state index in [9.17, 15) is 13.5 Å². The molecule has 38 heavy (non-hydrogen) atoms. The number of nitrogens with zero attached hydrogens (tertiary/aromatic N) is 1. The number of thiophene rings is 1. The summed E-state index contributed by atoms with van der Waals surface area (Å²) >= 11 is 1.04. The molecule has 0 saturated carbocycles. The lowest BCUT2D eigenvalue weighted by Crippen LogP contribution is -2.28. The number of rotatable bonds is 12. The molecule has 0 N–H and O–H groups in total. The third-order valence-corrected chi connectivity index (χ3v) is 8.55. The van der Waals surface area contributed by atoms with Gasteiger partial charge in [-0.25, -0.2) is 0 Å². The molecule has 0 radical (unpaired) electrons. The van der Waals surface area contributed by atoms with Gasteiger partial charge in [-0.2, -0.15) is 12.8 Å². The molecule has 1 heterocycles. The van der Waals surface area contributed by atoms with Gasteiger partial charge in [0.15, 0.2) is 0 Å². The third-order valence-electron chi connectivity index (χ3n) is 5.91. The molecular formula is C30H30NO5S2-. The molecule has 6 nitrogen and oxygen atoms in total. The second kappa shape index (κ2) is 12.8. The van der Waals surface area contributed by atoms with Gasteiger partial charge in [-0.15, -0.1) is 11.3 Å². The summed E-state index contributed by atoms with van der Waals surface area (Å²) in [4.78, 5) is 0. The van der Waals surface area contributed by atoms with Crippen LogP contribution >= 0.6 is 11.3 Å². The van der Waals surface area contributed by atoms with Crippen LogP contribution in [0.3, 0.4) is 0 Å². The highest BCUT2D eigenvalue weighted by Crippen LogP contribution is 2.28. The Morgan fingerprint density at radius 1 is 0.921 bits per heavy atom. The highest BCUT2D eigenvalue weighted by Gasteiger charge is 2.16. The molecule has 0 spiro atoms. The number of benzene rings is 3.